The van der Waals surface area contributed by atoms with Crippen LogP contribution in [0.1, 0.15) is 17.5 Å². The molecule has 7 nitrogen and oxygen atoms in total. The van der Waals surface area contributed by atoms with Gasteiger partial charge in [-0.3, -0.25) is 14.4 Å². The number of anilines is 1. The molecule has 0 bridgehead atoms. The van der Waals surface area contributed by atoms with E-state index in [1.807, 2.05) is 0 Å². The summed E-state index contributed by atoms with van der Waals surface area (Å²) < 4.78 is 9.83. The van der Waals surface area contributed by atoms with Crippen LogP contribution in [0.3, 0.4) is 0 Å². The minimum atomic E-state index is -1.15. The highest BCUT2D eigenvalue weighted by molar-refractivity contribution is 6.42. The van der Waals surface area contributed by atoms with E-state index in [0.717, 1.165) is 0 Å². The summed E-state index contributed by atoms with van der Waals surface area (Å²) in [6.07, 6.45) is 0.179. The van der Waals surface area contributed by atoms with Crippen molar-refractivity contribution in [2.45, 2.75) is 13.0 Å². The van der Waals surface area contributed by atoms with Crippen LogP contribution in [0, 0.1) is 0 Å². The topological polar surface area (TPSA) is 97.6 Å². The van der Waals surface area contributed by atoms with E-state index in [4.69, 9.17) is 44.0 Å². The Bertz CT molecular complexity index is 800. The van der Waals surface area contributed by atoms with Crippen LogP contribution in [0.4, 0.5) is 5.69 Å². The number of nitrogens with one attached hydrogen (secondary N) is 2. The minimum Gasteiger partial charge on any atom is -0.459 e. The van der Waals surface area contributed by atoms with Gasteiger partial charge in [-0.15, -0.1) is 0 Å². The molecule has 2 N–H and O–H groups in total. The van der Waals surface area contributed by atoms with E-state index in [0.29, 0.717) is 5.02 Å². The van der Waals surface area contributed by atoms with E-state index in [1.165, 1.54) is 37.5 Å². The molecule has 0 fully saturated rings. The number of rotatable bonds is 6. The molecule has 0 radical (unpaired) electrons. The predicted octanol–water partition coefficient (Wildman–Crippen LogP) is 3.54. The Morgan fingerprint density at radius 3 is 2.42 bits per heavy atom. The van der Waals surface area contributed by atoms with E-state index >= 15 is 0 Å². The summed E-state index contributed by atoms with van der Waals surface area (Å²) in [6, 6.07) is 5.79. The Morgan fingerprint density at radius 2 is 1.85 bits per heavy atom. The molecule has 0 aliphatic heterocycles. The summed E-state index contributed by atoms with van der Waals surface area (Å²) in [4.78, 5) is 35.5. The van der Waals surface area contributed by atoms with Gasteiger partial charge < -0.3 is 19.8 Å². The molecule has 2 rings (SSSR count). The van der Waals surface area contributed by atoms with Crippen molar-refractivity contribution in [2.75, 3.05) is 11.9 Å². The first kappa shape index (κ1) is 20.1. The van der Waals surface area contributed by atoms with Gasteiger partial charge in [0, 0.05) is 5.02 Å². The summed E-state index contributed by atoms with van der Waals surface area (Å²) in [5.74, 6) is -1.98. The molecule has 1 heterocycles. The third-order valence-electron chi connectivity index (χ3n) is 3.07. The van der Waals surface area contributed by atoms with Gasteiger partial charge in [-0.2, -0.15) is 0 Å². The van der Waals surface area contributed by atoms with E-state index in [1.54, 1.807) is 0 Å². The van der Waals surface area contributed by atoms with Gasteiger partial charge in [0.1, 0.15) is 6.54 Å². The summed E-state index contributed by atoms with van der Waals surface area (Å²) >= 11 is 17.7. The number of halogens is 3. The number of esters is 1. The van der Waals surface area contributed by atoms with Crippen molar-refractivity contribution in [1.29, 1.82) is 0 Å². The van der Waals surface area contributed by atoms with Gasteiger partial charge in [0.25, 0.3) is 11.8 Å². The highest BCUT2D eigenvalue weighted by Gasteiger charge is 2.21. The molecule has 0 spiro atoms. The van der Waals surface area contributed by atoms with Crippen LogP contribution in [-0.2, 0) is 14.3 Å². The molecule has 0 saturated heterocycles. The van der Waals surface area contributed by atoms with Gasteiger partial charge in [0.15, 0.2) is 11.9 Å². The maximum absolute atomic E-state index is 12.1. The summed E-state index contributed by atoms with van der Waals surface area (Å²) in [5, 5.41) is 5.35. The maximum Gasteiger partial charge on any atom is 0.326 e. The second-order valence-corrected chi connectivity index (χ2v) is 6.28. The van der Waals surface area contributed by atoms with Gasteiger partial charge >= 0.3 is 5.97 Å². The molecule has 1 atom stereocenters. The van der Waals surface area contributed by atoms with Gasteiger partial charge in [-0.1, -0.05) is 34.8 Å². The van der Waals surface area contributed by atoms with Crippen molar-refractivity contribution < 1.29 is 23.5 Å². The van der Waals surface area contributed by atoms with Crippen molar-refractivity contribution >= 4 is 58.3 Å². The minimum absolute atomic E-state index is 0.0515. The molecule has 138 valence electrons. The molecular weight excluding hydrogens is 407 g/mol. The Labute approximate surface area is 163 Å². The van der Waals surface area contributed by atoms with E-state index in [9.17, 15) is 14.4 Å². The molecule has 1 aromatic carbocycles. The van der Waals surface area contributed by atoms with Gasteiger partial charge in [-0.05, 0) is 31.2 Å². The zero-order valence-electron chi connectivity index (χ0n) is 13.3. The van der Waals surface area contributed by atoms with E-state index in [-0.39, 0.29) is 21.5 Å². The zero-order chi connectivity index (χ0) is 19.3. The molecule has 1 aromatic heterocycles. The summed E-state index contributed by atoms with van der Waals surface area (Å²) in [5.41, 5.74) is 0.150. The van der Waals surface area contributed by atoms with Crippen LogP contribution in [-0.4, -0.2) is 30.4 Å². The van der Waals surface area contributed by atoms with Crippen LogP contribution < -0.4 is 10.6 Å². The molecule has 0 saturated carbocycles. The van der Waals surface area contributed by atoms with Crippen molar-refractivity contribution in [3.8, 4) is 0 Å². The van der Waals surface area contributed by atoms with Crippen molar-refractivity contribution in [3.63, 3.8) is 0 Å². The normalized spacial score (nSPS) is 11.5. The first-order valence-electron chi connectivity index (χ1n) is 7.24. The lowest BCUT2D eigenvalue weighted by molar-refractivity contribution is -0.152. The Morgan fingerprint density at radius 1 is 1.19 bits per heavy atom. The highest BCUT2D eigenvalue weighted by Crippen LogP contribution is 2.33. The van der Waals surface area contributed by atoms with Gasteiger partial charge in [0.05, 0.1) is 22.0 Å². The molecule has 0 aliphatic carbocycles. The fourth-order valence-electron chi connectivity index (χ4n) is 1.83. The van der Waals surface area contributed by atoms with Gasteiger partial charge in [-0.25, -0.2) is 0 Å². The van der Waals surface area contributed by atoms with E-state index in [2.05, 4.69) is 10.6 Å². The second-order valence-electron chi connectivity index (χ2n) is 5.03. The number of ether oxygens (including phenoxy) is 1. The fourth-order valence-corrected chi connectivity index (χ4v) is 2.74. The number of furan rings is 1. The number of amides is 2. The van der Waals surface area contributed by atoms with Crippen LogP contribution in [0.5, 0.6) is 0 Å². The maximum atomic E-state index is 12.1. The molecule has 2 amide bonds. The van der Waals surface area contributed by atoms with Crippen molar-refractivity contribution in [3.05, 3.63) is 51.4 Å². The standard InChI is InChI=1S/C16H13Cl3N2O5/c1-8(15(23)21-14-10(18)5-9(17)6-11(14)19)26-13(22)7-20-16(24)12-3-2-4-25-12/h2-6,8H,7H2,1H3,(H,20,24)(H,21,23). The predicted molar refractivity (Wildman–Crippen MR) is 96.7 cm³/mol. The van der Waals surface area contributed by atoms with Crippen LogP contribution in [0.15, 0.2) is 34.9 Å². The monoisotopic (exact) mass is 418 g/mol. The smallest absolute Gasteiger partial charge is 0.326 e. The van der Waals surface area contributed by atoms with E-state index < -0.39 is 30.4 Å². The lowest BCUT2D eigenvalue weighted by Crippen LogP contribution is -2.35. The first-order valence-corrected chi connectivity index (χ1v) is 8.38. The Hall–Kier alpha value is -2.22. The third-order valence-corrected chi connectivity index (χ3v) is 3.89. The lowest BCUT2D eigenvalue weighted by Gasteiger charge is -2.15. The second kappa shape index (κ2) is 8.93. The number of carbonyl (C=O) groups is 3. The molecule has 26 heavy (non-hydrogen) atoms. The third kappa shape index (κ3) is 5.39. The first-order chi connectivity index (χ1) is 12.3. The van der Waals surface area contributed by atoms with Crippen LogP contribution in [0.2, 0.25) is 15.1 Å². The zero-order valence-corrected chi connectivity index (χ0v) is 15.6. The van der Waals surface area contributed by atoms with Crippen molar-refractivity contribution in [1.82, 2.24) is 5.32 Å². The quantitative estimate of drug-likeness (QED) is 0.698. The Kier molecular flexibility index (Phi) is 6.90. The summed E-state index contributed by atoms with van der Waals surface area (Å²) in [6.45, 7) is 0.929. The number of carbonyl (C=O) groups excluding carboxylic acids is 3. The molecule has 0 aliphatic rings. The van der Waals surface area contributed by atoms with Crippen LogP contribution >= 0.6 is 34.8 Å². The number of hydrogen-bond acceptors (Lipinski definition) is 5. The van der Waals surface area contributed by atoms with Crippen LogP contribution in [0.25, 0.3) is 0 Å². The average molecular weight is 420 g/mol. The largest absolute Gasteiger partial charge is 0.459 e. The van der Waals surface area contributed by atoms with Crippen molar-refractivity contribution in [2.24, 2.45) is 0 Å². The average Bonchev–Trinajstić information content (AvgIpc) is 3.10. The lowest BCUT2D eigenvalue weighted by atomic mass is 10.3. The fraction of sp³-hybridized carbons (Fsp3) is 0.188. The molecule has 1 unspecified atom stereocenters. The molecule has 10 heteroatoms. The summed E-state index contributed by atoms with van der Waals surface area (Å²) in [7, 11) is 0. The number of hydrogen-bond donors (Lipinski definition) is 2. The molecular formula is C16H13Cl3N2O5. The SMILES string of the molecule is CC(OC(=O)CNC(=O)c1ccco1)C(=O)Nc1c(Cl)cc(Cl)cc1Cl. The molecule has 2 aromatic rings. The number of benzene rings is 1. The highest BCUT2D eigenvalue weighted by atomic mass is 35.5. The Balaban J connectivity index is 1.86. The van der Waals surface area contributed by atoms with Gasteiger partial charge in [0.2, 0.25) is 0 Å².